The Kier molecular flexibility index (Phi) is 6.26. The number of pyridine rings is 1. The fourth-order valence-corrected chi connectivity index (χ4v) is 3.31. The molecule has 0 aliphatic carbocycles. The van der Waals surface area contributed by atoms with Crippen LogP contribution in [0.2, 0.25) is 0 Å². The molecule has 0 unspecified atom stereocenters. The van der Waals surface area contributed by atoms with E-state index in [-0.39, 0.29) is 18.0 Å². The molecule has 1 fully saturated rings. The number of hydrogen-bond donors (Lipinski definition) is 0. The van der Waals surface area contributed by atoms with E-state index in [1.165, 1.54) is 0 Å². The summed E-state index contributed by atoms with van der Waals surface area (Å²) in [4.78, 5) is 33.0. The fourth-order valence-electron chi connectivity index (χ4n) is 3.31. The van der Waals surface area contributed by atoms with Gasteiger partial charge in [0.05, 0.1) is 6.04 Å². The van der Waals surface area contributed by atoms with Crippen molar-refractivity contribution in [2.75, 3.05) is 11.4 Å². The second kappa shape index (κ2) is 8.06. The van der Waals surface area contributed by atoms with Crippen molar-refractivity contribution in [3.8, 4) is 0 Å². The van der Waals surface area contributed by atoms with Crippen molar-refractivity contribution >= 4 is 17.8 Å². The van der Waals surface area contributed by atoms with Crippen molar-refractivity contribution in [3.05, 3.63) is 23.9 Å². The second-order valence-electron chi connectivity index (χ2n) is 7.89. The van der Waals surface area contributed by atoms with Gasteiger partial charge in [0.25, 0.3) is 0 Å². The average molecular weight is 361 g/mol. The molecule has 1 aliphatic rings. The summed E-state index contributed by atoms with van der Waals surface area (Å²) < 4.78 is 5.64. The van der Waals surface area contributed by atoms with Crippen LogP contribution in [0.3, 0.4) is 0 Å². The van der Waals surface area contributed by atoms with Crippen LogP contribution in [0.15, 0.2) is 18.3 Å². The monoisotopic (exact) mass is 361 g/mol. The van der Waals surface area contributed by atoms with Gasteiger partial charge in [0.15, 0.2) is 0 Å². The van der Waals surface area contributed by atoms with Gasteiger partial charge >= 0.3 is 6.09 Å². The molecule has 0 radical (unpaired) electrons. The van der Waals surface area contributed by atoms with Crippen molar-refractivity contribution in [2.45, 2.75) is 78.5 Å². The van der Waals surface area contributed by atoms with E-state index >= 15 is 0 Å². The van der Waals surface area contributed by atoms with E-state index in [0.717, 1.165) is 31.4 Å². The summed E-state index contributed by atoms with van der Waals surface area (Å²) in [5, 5.41) is 0. The van der Waals surface area contributed by atoms with Crippen LogP contribution in [0.4, 0.5) is 10.6 Å². The van der Waals surface area contributed by atoms with Gasteiger partial charge in [-0.15, -0.1) is 0 Å². The zero-order chi connectivity index (χ0) is 19.5. The van der Waals surface area contributed by atoms with E-state index in [2.05, 4.69) is 4.98 Å². The summed E-state index contributed by atoms with van der Waals surface area (Å²) >= 11 is 0. The first-order chi connectivity index (χ1) is 12.2. The largest absolute Gasteiger partial charge is 0.443 e. The number of ether oxygens (including phenoxy) is 1. The van der Waals surface area contributed by atoms with Crippen LogP contribution in [0, 0.1) is 0 Å². The average Bonchev–Trinajstić information content (AvgIpc) is 3.03. The normalized spacial score (nSPS) is 18.5. The number of hydrogen-bond acceptors (Lipinski definition) is 4. The lowest BCUT2D eigenvalue weighted by atomic mass is 10.0. The molecular weight excluding hydrogens is 330 g/mol. The number of likely N-dealkylation sites (tertiary alicyclic amines) is 1. The molecule has 2 atom stereocenters. The van der Waals surface area contributed by atoms with Crippen LogP contribution >= 0.6 is 0 Å². The Bertz CT molecular complexity index is 654. The van der Waals surface area contributed by atoms with Crippen molar-refractivity contribution in [1.82, 2.24) is 9.88 Å². The highest BCUT2D eigenvalue weighted by Gasteiger charge is 2.35. The van der Waals surface area contributed by atoms with Gasteiger partial charge in [0, 0.05) is 31.3 Å². The highest BCUT2D eigenvalue weighted by molar-refractivity contribution is 5.88. The third kappa shape index (κ3) is 4.54. The molecule has 6 nitrogen and oxygen atoms in total. The molecule has 2 amide bonds. The SMILES string of the molecule is CC[C@H](C)N(C(=O)OC(C)(C)C)c1ncccc1[C@@H]1CCCN1C(C)=O. The van der Waals surface area contributed by atoms with E-state index in [1.54, 1.807) is 18.0 Å². The lowest BCUT2D eigenvalue weighted by Crippen LogP contribution is -2.43. The molecule has 26 heavy (non-hydrogen) atoms. The number of rotatable bonds is 4. The van der Waals surface area contributed by atoms with Crippen LogP contribution in [0.25, 0.3) is 0 Å². The van der Waals surface area contributed by atoms with Crippen LogP contribution in [0.1, 0.15) is 72.4 Å². The minimum atomic E-state index is -0.587. The van der Waals surface area contributed by atoms with E-state index < -0.39 is 11.7 Å². The molecule has 1 aromatic heterocycles. The summed E-state index contributed by atoms with van der Waals surface area (Å²) in [6.45, 7) is 11.9. The maximum absolute atomic E-state index is 12.9. The second-order valence-corrected chi connectivity index (χ2v) is 7.89. The van der Waals surface area contributed by atoms with Crippen LogP contribution in [0.5, 0.6) is 0 Å². The highest BCUT2D eigenvalue weighted by atomic mass is 16.6. The molecule has 0 spiro atoms. The summed E-state index contributed by atoms with van der Waals surface area (Å²) in [5.41, 5.74) is 0.322. The summed E-state index contributed by atoms with van der Waals surface area (Å²) in [5.74, 6) is 0.643. The standard InChI is InChI=1S/C20H31N3O3/c1-7-14(2)23(19(25)26-20(4,5)6)18-16(10-8-12-21-18)17-11-9-13-22(17)15(3)24/h8,10,12,14,17H,7,9,11,13H2,1-6H3/t14-,17-/m0/s1. The molecule has 144 valence electrons. The topological polar surface area (TPSA) is 62.7 Å². The predicted molar refractivity (Wildman–Crippen MR) is 102 cm³/mol. The van der Waals surface area contributed by atoms with Gasteiger partial charge in [-0.25, -0.2) is 9.78 Å². The Morgan fingerprint density at radius 1 is 1.42 bits per heavy atom. The van der Waals surface area contributed by atoms with Crippen molar-refractivity contribution in [1.29, 1.82) is 0 Å². The molecule has 1 aromatic rings. The summed E-state index contributed by atoms with van der Waals surface area (Å²) in [7, 11) is 0. The Balaban J connectivity index is 2.46. The van der Waals surface area contributed by atoms with Crippen molar-refractivity contribution in [3.63, 3.8) is 0 Å². The number of aromatic nitrogens is 1. The maximum Gasteiger partial charge on any atom is 0.416 e. The van der Waals surface area contributed by atoms with Gasteiger partial charge < -0.3 is 9.64 Å². The van der Waals surface area contributed by atoms with Gasteiger partial charge in [-0.05, 0) is 53.0 Å². The third-order valence-electron chi connectivity index (χ3n) is 4.68. The Morgan fingerprint density at radius 2 is 2.12 bits per heavy atom. The third-order valence-corrected chi connectivity index (χ3v) is 4.68. The Hall–Kier alpha value is -2.11. The molecule has 2 rings (SSSR count). The summed E-state index contributed by atoms with van der Waals surface area (Å²) in [6.07, 6.45) is 3.89. The first kappa shape index (κ1) is 20.2. The van der Waals surface area contributed by atoms with Gasteiger partial charge in [0.2, 0.25) is 5.91 Å². The molecule has 0 N–H and O–H groups in total. The number of nitrogens with zero attached hydrogens (tertiary/aromatic N) is 3. The van der Waals surface area contributed by atoms with Gasteiger partial charge in [-0.3, -0.25) is 9.69 Å². The molecule has 0 aromatic carbocycles. The number of carbonyl (C=O) groups excluding carboxylic acids is 2. The van der Waals surface area contributed by atoms with Crippen molar-refractivity contribution in [2.24, 2.45) is 0 Å². The lowest BCUT2D eigenvalue weighted by molar-refractivity contribution is -0.129. The molecule has 6 heteroatoms. The minimum Gasteiger partial charge on any atom is -0.443 e. The molecule has 0 bridgehead atoms. The smallest absolute Gasteiger partial charge is 0.416 e. The van der Waals surface area contributed by atoms with Crippen LogP contribution < -0.4 is 4.90 Å². The first-order valence-corrected chi connectivity index (χ1v) is 9.40. The van der Waals surface area contributed by atoms with Crippen molar-refractivity contribution < 1.29 is 14.3 Å². The Morgan fingerprint density at radius 3 is 2.69 bits per heavy atom. The van der Waals surface area contributed by atoms with Crippen LogP contribution in [-0.4, -0.2) is 40.1 Å². The van der Waals surface area contributed by atoms with E-state index in [0.29, 0.717) is 5.82 Å². The zero-order valence-corrected chi connectivity index (χ0v) is 16.8. The quantitative estimate of drug-likeness (QED) is 0.802. The Labute approximate surface area is 156 Å². The highest BCUT2D eigenvalue weighted by Crippen LogP contribution is 2.37. The zero-order valence-electron chi connectivity index (χ0n) is 16.8. The first-order valence-electron chi connectivity index (χ1n) is 9.40. The molecule has 2 heterocycles. The molecular formula is C20H31N3O3. The van der Waals surface area contributed by atoms with Gasteiger partial charge in [-0.2, -0.15) is 0 Å². The van der Waals surface area contributed by atoms with E-state index in [9.17, 15) is 9.59 Å². The molecule has 1 aliphatic heterocycles. The van der Waals surface area contributed by atoms with Gasteiger partial charge in [-0.1, -0.05) is 13.0 Å². The maximum atomic E-state index is 12.9. The minimum absolute atomic E-state index is 0.0506. The summed E-state index contributed by atoms with van der Waals surface area (Å²) in [6, 6.07) is 3.71. The van der Waals surface area contributed by atoms with E-state index in [1.807, 2.05) is 51.7 Å². The van der Waals surface area contributed by atoms with E-state index in [4.69, 9.17) is 4.74 Å². The van der Waals surface area contributed by atoms with Crippen LogP contribution in [-0.2, 0) is 9.53 Å². The molecule has 1 saturated heterocycles. The fraction of sp³-hybridized carbons (Fsp3) is 0.650. The number of amides is 2. The lowest BCUT2D eigenvalue weighted by Gasteiger charge is -2.33. The van der Waals surface area contributed by atoms with Gasteiger partial charge in [0.1, 0.15) is 11.4 Å². The molecule has 0 saturated carbocycles. The predicted octanol–water partition coefficient (Wildman–Crippen LogP) is 4.31. The number of anilines is 1. The number of carbonyl (C=O) groups is 2.